The molecular weight excluding hydrogens is 469 g/mol. The van der Waals surface area contributed by atoms with Crippen LogP contribution in [0.3, 0.4) is 0 Å². The minimum Gasteiger partial charge on any atom is -0.486 e. The predicted octanol–water partition coefficient (Wildman–Crippen LogP) is 6.25. The lowest BCUT2D eigenvalue weighted by Crippen LogP contribution is -2.27. The number of aromatic amines is 1. The first-order chi connectivity index (χ1) is 16.2. The van der Waals surface area contributed by atoms with E-state index in [0.29, 0.717) is 5.69 Å². The molecule has 6 nitrogen and oxygen atoms in total. The predicted molar refractivity (Wildman–Crippen MR) is 124 cm³/mol. The Bertz CT molecular complexity index is 1150. The van der Waals surface area contributed by atoms with E-state index in [1.54, 1.807) is 6.08 Å². The van der Waals surface area contributed by atoms with Crippen molar-refractivity contribution in [3.05, 3.63) is 76.9 Å². The van der Waals surface area contributed by atoms with Crippen molar-refractivity contribution in [3.8, 4) is 0 Å². The summed E-state index contributed by atoms with van der Waals surface area (Å²) < 4.78 is 70.9. The number of ether oxygens (including phenoxy) is 1. The Labute approximate surface area is 197 Å². The Hall–Kier alpha value is -3.01. The van der Waals surface area contributed by atoms with Gasteiger partial charge >= 0.3 is 15.6 Å². The second kappa shape index (κ2) is 11.4. The van der Waals surface area contributed by atoms with Crippen LogP contribution in [0.2, 0.25) is 0 Å². The number of nitrogens with one attached hydrogen (secondary N) is 1. The number of aromatic nitrogens is 1. The van der Waals surface area contributed by atoms with Crippen molar-refractivity contribution < 1.29 is 30.5 Å². The SMILES string of the molecule is CCCCCCCc1ccc(/C=C2\N=C(OS(=O)(=O)C(F)(F)F)C=C2OCc2ccccc2)[nH]1. The van der Waals surface area contributed by atoms with Gasteiger partial charge in [0.05, 0.1) is 0 Å². The molecule has 1 aromatic carbocycles. The lowest BCUT2D eigenvalue weighted by molar-refractivity contribution is -0.0504. The molecule has 1 aromatic heterocycles. The minimum absolute atomic E-state index is 0.104. The fourth-order valence-corrected chi connectivity index (χ4v) is 3.71. The summed E-state index contributed by atoms with van der Waals surface area (Å²) in [5.74, 6) is -0.610. The van der Waals surface area contributed by atoms with Gasteiger partial charge in [0.2, 0.25) is 5.90 Å². The lowest BCUT2D eigenvalue weighted by atomic mass is 10.1. The van der Waals surface area contributed by atoms with E-state index < -0.39 is 21.5 Å². The lowest BCUT2D eigenvalue weighted by Gasteiger charge is -2.07. The van der Waals surface area contributed by atoms with Gasteiger partial charge in [-0.25, -0.2) is 4.99 Å². The highest BCUT2D eigenvalue weighted by molar-refractivity contribution is 7.88. The van der Waals surface area contributed by atoms with Crippen LogP contribution >= 0.6 is 0 Å². The molecule has 2 heterocycles. The third-order valence-corrected chi connectivity index (χ3v) is 6.02. The number of nitrogens with zero attached hydrogens (tertiary/aromatic N) is 1. The average Bonchev–Trinajstić information content (AvgIpc) is 3.38. The zero-order valence-electron chi connectivity index (χ0n) is 18.8. The molecule has 0 radical (unpaired) electrons. The number of aryl methyl sites for hydroxylation is 1. The highest BCUT2D eigenvalue weighted by Gasteiger charge is 2.49. The smallest absolute Gasteiger partial charge is 0.486 e. The third kappa shape index (κ3) is 7.24. The van der Waals surface area contributed by atoms with Gasteiger partial charge in [0.25, 0.3) is 0 Å². The van der Waals surface area contributed by atoms with Crippen molar-refractivity contribution in [2.75, 3.05) is 0 Å². The van der Waals surface area contributed by atoms with Crippen LogP contribution in [0.1, 0.15) is 56.0 Å². The summed E-state index contributed by atoms with van der Waals surface area (Å²) in [7, 11) is -5.85. The number of unbranched alkanes of at least 4 members (excludes halogenated alkanes) is 4. The van der Waals surface area contributed by atoms with Crippen LogP contribution in [0.5, 0.6) is 0 Å². The van der Waals surface area contributed by atoms with Crippen LogP contribution in [-0.2, 0) is 32.1 Å². The summed E-state index contributed by atoms with van der Waals surface area (Å²) in [5.41, 5.74) is -2.90. The molecular formula is C24H27F3N2O4S. The first-order valence-electron chi connectivity index (χ1n) is 11.1. The van der Waals surface area contributed by atoms with Gasteiger partial charge in [0, 0.05) is 17.5 Å². The van der Waals surface area contributed by atoms with E-state index in [2.05, 4.69) is 21.1 Å². The van der Waals surface area contributed by atoms with Crippen LogP contribution in [0, 0.1) is 0 Å². The van der Waals surface area contributed by atoms with Crippen LogP contribution < -0.4 is 0 Å². The van der Waals surface area contributed by atoms with Crippen molar-refractivity contribution in [1.29, 1.82) is 0 Å². The number of aliphatic imine (C=N–C) groups is 1. The van der Waals surface area contributed by atoms with Gasteiger partial charge in [0.15, 0.2) is 5.76 Å². The number of rotatable bonds is 11. The monoisotopic (exact) mass is 496 g/mol. The average molecular weight is 497 g/mol. The maximum absolute atomic E-state index is 12.7. The van der Waals surface area contributed by atoms with Crippen LogP contribution in [0.25, 0.3) is 6.08 Å². The molecule has 2 aromatic rings. The molecule has 184 valence electrons. The van der Waals surface area contributed by atoms with Gasteiger partial charge in [0.1, 0.15) is 12.3 Å². The molecule has 0 fully saturated rings. The zero-order chi connectivity index (χ0) is 24.6. The van der Waals surface area contributed by atoms with E-state index in [0.717, 1.165) is 36.6 Å². The van der Waals surface area contributed by atoms with E-state index in [9.17, 15) is 21.6 Å². The molecule has 0 unspecified atom stereocenters. The number of hydrogen-bond acceptors (Lipinski definition) is 5. The summed E-state index contributed by atoms with van der Waals surface area (Å²) in [6.45, 7) is 2.28. The number of alkyl halides is 3. The molecule has 1 aliphatic heterocycles. The second-order valence-corrected chi connectivity index (χ2v) is 9.39. The summed E-state index contributed by atoms with van der Waals surface area (Å²) >= 11 is 0. The first-order valence-corrected chi connectivity index (χ1v) is 12.5. The molecule has 10 heteroatoms. The molecule has 1 N–H and O–H groups in total. The van der Waals surface area contributed by atoms with Crippen LogP contribution in [0.15, 0.2) is 65.0 Å². The van der Waals surface area contributed by atoms with Gasteiger partial charge in [-0.2, -0.15) is 21.6 Å². The fraction of sp³-hybridized carbons (Fsp3) is 0.375. The molecule has 0 saturated carbocycles. The van der Waals surface area contributed by atoms with Gasteiger partial charge in [-0.05, 0) is 36.6 Å². The van der Waals surface area contributed by atoms with E-state index in [1.165, 1.54) is 19.3 Å². The Morgan fingerprint density at radius 3 is 2.47 bits per heavy atom. The molecule has 3 rings (SSSR count). The largest absolute Gasteiger partial charge is 0.534 e. The minimum atomic E-state index is -5.85. The molecule has 34 heavy (non-hydrogen) atoms. The summed E-state index contributed by atoms with van der Waals surface area (Å²) in [6, 6.07) is 12.9. The Morgan fingerprint density at radius 1 is 1.03 bits per heavy atom. The maximum Gasteiger partial charge on any atom is 0.534 e. The number of halogens is 3. The maximum atomic E-state index is 12.7. The Morgan fingerprint density at radius 2 is 1.76 bits per heavy atom. The quantitative estimate of drug-likeness (QED) is 0.227. The van der Waals surface area contributed by atoms with Crippen molar-refractivity contribution >= 4 is 22.1 Å². The zero-order valence-corrected chi connectivity index (χ0v) is 19.6. The second-order valence-electron chi connectivity index (χ2n) is 7.85. The van der Waals surface area contributed by atoms with Gasteiger partial charge < -0.3 is 13.9 Å². The van der Waals surface area contributed by atoms with E-state index in [1.807, 2.05) is 42.5 Å². The Balaban J connectivity index is 1.75. The Kier molecular flexibility index (Phi) is 8.60. The number of hydrogen-bond donors (Lipinski definition) is 1. The van der Waals surface area contributed by atoms with Gasteiger partial charge in [-0.15, -0.1) is 0 Å². The van der Waals surface area contributed by atoms with Gasteiger partial charge in [-0.3, -0.25) is 0 Å². The highest BCUT2D eigenvalue weighted by atomic mass is 32.2. The summed E-state index contributed by atoms with van der Waals surface area (Å²) in [4.78, 5) is 7.16. The molecule has 0 spiro atoms. The molecule has 0 amide bonds. The number of H-pyrrole nitrogens is 1. The van der Waals surface area contributed by atoms with Crippen molar-refractivity contribution in [1.82, 2.24) is 4.98 Å². The molecule has 0 saturated heterocycles. The van der Waals surface area contributed by atoms with Crippen LogP contribution in [0.4, 0.5) is 13.2 Å². The summed E-state index contributed by atoms with van der Waals surface area (Å²) in [5, 5.41) is 0. The van der Waals surface area contributed by atoms with Gasteiger partial charge in [-0.1, -0.05) is 62.9 Å². The topological polar surface area (TPSA) is 80.8 Å². The molecule has 0 aliphatic carbocycles. The van der Waals surface area contributed by atoms with Crippen molar-refractivity contribution in [2.24, 2.45) is 4.99 Å². The third-order valence-electron chi connectivity index (χ3n) is 5.06. The first kappa shape index (κ1) is 25.6. The molecule has 0 atom stereocenters. The fourth-order valence-electron chi connectivity index (χ4n) is 3.30. The summed E-state index contributed by atoms with van der Waals surface area (Å²) in [6.07, 6.45) is 9.27. The standard InChI is InChI=1S/C24H27F3N2O4S/c1-2-3-4-5-9-12-19-13-14-20(28-19)15-21-22(32-17-18-10-7-6-8-11-18)16-23(29-21)33-34(30,31)24(25,26)27/h6-8,10-11,13-16,28H,2-5,9,12,17H2,1H3/b21-15-. The normalized spacial score (nSPS) is 15.4. The number of benzene rings is 1. The molecule has 1 aliphatic rings. The van der Waals surface area contributed by atoms with Crippen molar-refractivity contribution in [2.45, 2.75) is 57.6 Å². The van der Waals surface area contributed by atoms with E-state index in [4.69, 9.17) is 4.74 Å². The van der Waals surface area contributed by atoms with Crippen molar-refractivity contribution in [3.63, 3.8) is 0 Å². The van der Waals surface area contributed by atoms with E-state index >= 15 is 0 Å². The van der Waals surface area contributed by atoms with Crippen LogP contribution in [-0.4, -0.2) is 24.8 Å². The highest BCUT2D eigenvalue weighted by Crippen LogP contribution is 2.29. The molecule has 0 bridgehead atoms. The van der Waals surface area contributed by atoms with E-state index in [-0.39, 0.29) is 18.1 Å².